The predicted molar refractivity (Wildman–Crippen MR) is 66.5 cm³/mol. The minimum absolute atomic E-state index is 0.416. The lowest BCUT2D eigenvalue weighted by atomic mass is 9.92. The molecule has 0 radical (unpaired) electrons. The standard InChI is InChI=1S/C12H23N5/c1-12(2,3)6-8-17-7-4-5-10(17)9-11-13-15-16-14-11/h10H,4-9H2,1-3H3,(H,13,14,15,16)/t10-/m1/s1. The zero-order chi connectivity index (χ0) is 12.3. The Kier molecular flexibility index (Phi) is 3.76. The molecule has 5 heteroatoms. The first-order valence-electron chi connectivity index (χ1n) is 6.51. The number of hydrogen-bond donors (Lipinski definition) is 1. The summed E-state index contributed by atoms with van der Waals surface area (Å²) in [5.74, 6) is 0.845. The van der Waals surface area contributed by atoms with Crippen molar-refractivity contribution in [3.63, 3.8) is 0 Å². The molecule has 1 aliphatic heterocycles. The number of likely N-dealkylation sites (tertiary alicyclic amines) is 1. The fourth-order valence-electron chi connectivity index (χ4n) is 2.38. The zero-order valence-corrected chi connectivity index (χ0v) is 11.1. The molecule has 0 unspecified atom stereocenters. The number of aromatic nitrogens is 4. The van der Waals surface area contributed by atoms with E-state index in [4.69, 9.17) is 0 Å². The van der Waals surface area contributed by atoms with Gasteiger partial charge in [0.15, 0.2) is 5.82 Å². The maximum Gasteiger partial charge on any atom is 0.176 e. The van der Waals surface area contributed by atoms with Crippen molar-refractivity contribution in [1.29, 1.82) is 0 Å². The highest BCUT2D eigenvalue weighted by atomic mass is 15.5. The van der Waals surface area contributed by atoms with E-state index >= 15 is 0 Å². The molecule has 17 heavy (non-hydrogen) atoms. The monoisotopic (exact) mass is 237 g/mol. The van der Waals surface area contributed by atoms with Gasteiger partial charge in [-0.25, -0.2) is 0 Å². The molecule has 0 aromatic carbocycles. The van der Waals surface area contributed by atoms with E-state index in [0.29, 0.717) is 11.5 Å². The lowest BCUT2D eigenvalue weighted by molar-refractivity contribution is 0.211. The van der Waals surface area contributed by atoms with Gasteiger partial charge < -0.3 is 0 Å². The van der Waals surface area contributed by atoms with Gasteiger partial charge in [-0.3, -0.25) is 4.90 Å². The van der Waals surface area contributed by atoms with Crippen LogP contribution in [0, 0.1) is 5.41 Å². The van der Waals surface area contributed by atoms with Gasteiger partial charge in [-0.2, -0.15) is 5.21 Å². The molecule has 0 bridgehead atoms. The number of nitrogens with one attached hydrogen (secondary N) is 1. The number of nitrogens with zero attached hydrogens (tertiary/aromatic N) is 4. The van der Waals surface area contributed by atoms with Crippen LogP contribution in [0.5, 0.6) is 0 Å². The number of H-pyrrole nitrogens is 1. The van der Waals surface area contributed by atoms with Crippen molar-refractivity contribution in [3.05, 3.63) is 5.82 Å². The Morgan fingerprint density at radius 1 is 1.41 bits per heavy atom. The van der Waals surface area contributed by atoms with Crippen molar-refractivity contribution >= 4 is 0 Å². The minimum atomic E-state index is 0.416. The summed E-state index contributed by atoms with van der Waals surface area (Å²) in [6.07, 6.45) is 4.74. The number of tetrazole rings is 1. The lowest BCUT2D eigenvalue weighted by Crippen LogP contribution is -2.34. The van der Waals surface area contributed by atoms with E-state index in [2.05, 4.69) is 46.3 Å². The molecule has 1 saturated heterocycles. The molecule has 1 aromatic heterocycles. The van der Waals surface area contributed by atoms with E-state index in [0.717, 1.165) is 12.2 Å². The Morgan fingerprint density at radius 3 is 2.88 bits per heavy atom. The maximum absolute atomic E-state index is 4.05. The molecular formula is C12H23N5. The number of hydrogen-bond acceptors (Lipinski definition) is 4. The van der Waals surface area contributed by atoms with Crippen LogP contribution < -0.4 is 0 Å². The van der Waals surface area contributed by atoms with Crippen LogP contribution in [0.25, 0.3) is 0 Å². The predicted octanol–water partition coefficient (Wildman–Crippen LogP) is 1.64. The Bertz CT molecular complexity index is 327. The van der Waals surface area contributed by atoms with Gasteiger partial charge in [-0.15, -0.1) is 10.2 Å². The van der Waals surface area contributed by atoms with E-state index in [1.54, 1.807) is 0 Å². The topological polar surface area (TPSA) is 57.7 Å². The third-order valence-corrected chi connectivity index (χ3v) is 3.46. The van der Waals surface area contributed by atoms with Gasteiger partial charge in [-0.05, 0) is 37.8 Å². The van der Waals surface area contributed by atoms with Crippen molar-refractivity contribution in [3.8, 4) is 0 Å². The molecule has 1 aromatic rings. The van der Waals surface area contributed by atoms with Gasteiger partial charge in [0.2, 0.25) is 0 Å². The lowest BCUT2D eigenvalue weighted by Gasteiger charge is -2.27. The quantitative estimate of drug-likeness (QED) is 0.865. The van der Waals surface area contributed by atoms with Crippen LogP contribution in [0.1, 0.15) is 45.9 Å². The summed E-state index contributed by atoms with van der Waals surface area (Å²) in [5.41, 5.74) is 0.416. The first-order valence-corrected chi connectivity index (χ1v) is 6.51. The van der Waals surface area contributed by atoms with E-state index < -0.39 is 0 Å². The highest BCUT2D eigenvalue weighted by Gasteiger charge is 2.26. The van der Waals surface area contributed by atoms with E-state index in [1.165, 1.54) is 32.4 Å². The Morgan fingerprint density at radius 2 is 2.24 bits per heavy atom. The Hall–Kier alpha value is -0.970. The van der Waals surface area contributed by atoms with Gasteiger partial charge in [0.25, 0.3) is 0 Å². The summed E-state index contributed by atoms with van der Waals surface area (Å²) < 4.78 is 0. The second kappa shape index (κ2) is 5.12. The first-order chi connectivity index (χ1) is 8.04. The van der Waals surface area contributed by atoms with Gasteiger partial charge in [0.05, 0.1) is 0 Å². The second-order valence-electron chi connectivity index (χ2n) is 6.17. The van der Waals surface area contributed by atoms with Crippen LogP contribution >= 0.6 is 0 Å². The molecule has 1 atom stereocenters. The molecule has 5 nitrogen and oxygen atoms in total. The summed E-state index contributed by atoms with van der Waals surface area (Å²) in [7, 11) is 0. The molecule has 0 saturated carbocycles. The largest absolute Gasteiger partial charge is 0.300 e. The fourth-order valence-corrected chi connectivity index (χ4v) is 2.38. The summed E-state index contributed by atoms with van der Waals surface area (Å²) in [4.78, 5) is 2.58. The molecule has 1 fully saturated rings. The first kappa shape index (κ1) is 12.5. The van der Waals surface area contributed by atoms with Crippen LogP contribution in [0.15, 0.2) is 0 Å². The Labute approximate surface area is 103 Å². The minimum Gasteiger partial charge on any atom is -0.300 e. The van der Waals surface area contributed by atoms with Crippen LogP contribution in [-0.4, -0.2) is 44.7 Å². The smallest absolute Gasteiger partial charge is 0.176 e. The molecule has 96 valence electrons. The van der Waals surface area contributed by atoms with Crippen molar-refractivity contribution in [2.75, 3.05) is 13.1 Å². The average molecular weight is 237 g/mol. The SMILES string of the molecule is CC(C)(C)CCN1CCC[C@@H]1Cc1nn[nH]n1. The molecule has 1 aliphatic rings. The Balaban J connectivity index is 1.85. The van der Waals surface area contributed by atoms with Crippen molar-refractivity contribution in [1.82, 2.24) is 25.5 Å². The fraction of sp³-hybridized carbons (Fsp3) is 0.917. The van der Waals surface area contributed by atoms with E-state index in [1.807, 2.05) is 0 Å². The third-order valence-electron chi connectivity index (χ3n) is 3.46. The number of rotatable bonds is 4. The van der Waals surface area contributed by atoms with Gasteiger partial charge >= 0.3 is 0 Å². The number of aromatic amines is 1. The van der Waals surface area contributed by atoms with Gasteiger partial charge in [0.1, 0.15) is 0 Å². The summed E-state index contributed by atoms with van der Waals surface area (Å²) >= 11 is 0. The van der Waals surface area contributed by atoms with Crippen molar-refractivity contribution in [2.24, 2.45) is 5.41 Å². The molecule has 2 rings (SSSR count). The summed E-state index contributed by atoms with van der Waals surface area (Å²) in [5, 5.41) is 14.2. The van der Waals surface area contributed by atoms with Gasteiger partial charge in [-0.1, -0.05) is 26.0 Å². The normalized spacial score (nSPS) is 22.2. The van der Waals surface area contributed by atoms with E-state index in [9.17, 15) is 0 Å². The van der Waals surface area contributed by atoms with Gasteiger partial charge in [0, 0.05) is 12.5 Å². The molecule has 0 spiro atoms. The highest BCUT2D eigenvalue weighted by molar-refractivity contribution is 4.89. The van der Waals surface area contributed by atoms with Crippen molar-refractivity contribution in [2.45, 2.75) is 52.5 Å². The van der Waals surface area contributed by atoms with Crippen LogP contribution in [-0.2, 0) is 6.42 Å². The van der Waals surface area contributed by atoms with Crippen LogP contribution in [0.4, 0.5) is 0 Å². The van der Waals surface area contributed by atoms with E-state index in [-0.39, 0.29) is 0 Å². The molecular weight excluding hydrogens is 214 g/mol. The summed E-state index contributed by atoms with van der Waals surface area (Å²) in [6, 6.07) is 0.606. The molecule has 1 N–H and O–H groups in total. The van der Waals surface area contributed by atoms with Crippen LogP contribution in [0.3, 0.4) is 0 Å². The van der Waals surface area contributed by atoms with Crippen molar-refractivity contribution < 1.29 is 0 Å². The highest BCUT2D eigenvalue weighted by Crippen LogP contribution is 2.24. The summed E-state index contributed by atoms with van der Waals surface area (Å²) in [6.45, 7) is 9.32. The maximum atomic E-state index is 4.05. The average Bonchev–Trinajstić information content (AvgIpc) is 2.86. The second-order valence-corrected chi connectivity index (χ2v) is 6.17. The molecule has 2 heterocycles. The third kappa shape index (κ3) is 3.77. The zero-order valence-electron chi connectivity index (χ0n) is 11.1. The molecule has 0 aliphatic carbocycles. The van der Waals surface area contributed by atoms with Crippen LogP contribution in [0.2, 0.25) is 0 Å². The molecule has 0 amide bonds.